The minimum Gasteiger partial charge on any atom is -0.465 e. The van der Waals surface area contributed by atoms with Crippen LogP contribution < -0.4 is 0 Å². The molecule has 1 aliphatic heterocycles. The van der Waals surface area contributed by atoms with Crippen molar-refractivity contribution in [3.63, 3.8) is 0 Å². The molecule has 1 saturated heterocycles. The van der Waals surface area contributed by atoms with Crippen LogP contribution in [0, 0.1) is 12.3 Å². The summed E-state index contributed by atoms with van der Waals surface area (Å²) in [7, 11) is 0. The first-order valence-corrected chi connectivity index (χ1v) is 6.79. The highest BCUT2D eigenvalue weighted by Crippen LogP contribution is 2.31. The fourth-order valence-corrected chi connectivity index (χ4v) is 2.40. The Labute approximate surface area is 118 Å². The summed E-state index contributed by atoms with van der Waals surface area (Å²) in [6.45, 7) is 4.28. The van der Waals surface area contributed by atoms with Gasteiger partial charge in [-0.15, -0.1) is 0 Å². The molecule has 2 heterocycles. The monoisotopic (exact) mass is 277 g/mol. The molecule has 1 fully saturated rings. The second kappa shape index (κ2) is 6.13. The molecule has 1 atom stereocenters. The molecular formula is C15H19NO4. The lowest BCUT2D eigenvalue weighted by molar-refractivity contribution is -0.169. The van der Waals surface area contributed by atoms with Crippen LogP contribution in [0.15, 0.2) is 18.2 Å². The van der Waals surface area contributed by atoms with Crippen molar-refractivity contribution in [3.05, 3.63) is 29.6 Å². The summed E-state index contributed by atoms with van der Waals surface area (Å²) in [5, 5.41) is 0. The smallest absolute Gasteiger partial charge is 0.322 e. The van der Waals surface area contributed by atoms with Crippen molar-refractivity contribution < 1.29 is 19.1 Å². The molecule has 2 rings (SSSR count). The van der Waals surface area contributed by atoms with Gasteiger partial charge in [0.25, 0.3) is 0 Å². The third-order valence-electron chi connectivity index (χ3n) is 3.45. The van der Waals surface area contributed by atoms with E-state index in [1.165, 1.54) is 0 Å². The largest absolute Gasteiger partial charge is 0.465 e. The lowest BCUT2D eigenvalue weighted by Gasteiger charge is -2.32. The Bertz CT molecular complexity index is 514. The van der Waals surface area contributed by atoms with Gasteiger partial charge in [-0.3, -0.25) is 14.6 Å². The Balaban J connectivity index is 2.31. The van der Waals surface area contributed by atoms with Crippen LogP contribution in [0.4, 0.5) is 0 Å². The molecule has 5 nitrogen and oxygen atoms in total. The number of ketones is 1. The van der Waals surface area contributed by atoms with E-state index in [1.54, 1.807) is 6.92 Å². The van der Waals surface area contributed by atoms with E-state index in [-0.39, 0.29) is 31.8 Å². The minimum absolute atomic E-state index is 0.0697. The predicted octanol–water partition coefficient (Wildman–Crippen LogP) is 1.47. The minimum atomic E-state index is -1.24. The van der Waals surface area contributed by atoms with Crippen molar-refractivity contribution in [2.75, 3.05) is 19.8 Å². The van der Waals surface area contributed by atoms with Gasteiger partial charge < -0.3 is 9.47 Å². The van der Waals surface area contributed by atoms with Gasteiger partial charge in [0.1, 0.15) is 0 Å². The van der Waals surface area contributed by atoms with Crippen molar-refractivity contribution in [3.8, 4) is 0 Å². The first kappa shape index (κ1) is 14.7. The van der Waals surface area contributed by atoms with E-state index >= 15 is 0 Å². The number of hydrogen-bond donors (Lipinski definition) is 0. The number of hydrogen-bond acceptors (Lipinski definition) is 5. The molecule has 5 heteroatoms. The molecule has 0 N–H and O–H groups in total. The summed E-state index contributed by atoms with van der Waals surface area (Å²) in [4.78, 5) is 29.0. The van der Waals surface area contributed by atoms with E-state index in [4.69, 9.17) is 9.47 Å². The maximum Gasteiger partial charge on any atom is 0.322 e. The molecule has 0 spiro atoms. The molecule has 1 aliphatic rings. The highest BCUT2D eigenvalue weighted by molar-refractivity contribution is 6.04. The first-order valence-electron chi connectivity index (χ1n) is 6.79. The van der Waals surface area contributed by atoms with Crippen LogP contribution in [0.5, 0.6) is 0 Å². The second-order valence-electron chi connectivity index (χ2n) is 4.98. The standard InChI is InChI=1S/C15H19NO4/c1-3-20-14(18)15(10-19-8-7-13(15)17)9-12-6-4-5-11(2)16-12/h4-6H,3,7-10H2,1-2H3. The number of carbonyl (C=O) groups is 2. The van der Waals surface area contributed by atoms with Gasteiger partial charge >= 0.3 is 5.97 Å². The van der Waals surface area contributed by atoms with Gasteiger partial charge in [-0.1, -0.05) is 6.07 Å². The van der Waals surface area contributed by atoms with Crippen LogP contribution in [0.3, 0.4) is 0 Å². The number of rotatable bonds is 4. The Kier molecular flexibility index (Phi) is 4.49. The lowest BCUT2D eigenvalue weighted by Crippen LogP contribution is -2.49. The quantitative estimate of drug-likeness (QED) is 0.616. The number of aromatic nitrogens is 1. The van der Waals surface area contributed by atoms with Crippen molar-refractivity contribution in [2.24, 2.45) is 5.41 Å². The molecule has 0 amide bonds. The van der Waals surface area contributed by atoms with Crippen LogP contribution in [0.2, 0.25) is 0 Å². The Hall–Kier alpha value is -1.75. The maximum atomic E-state index is 12.3. The topological polar surface area (TPSA) is 65.5 Å². The van der Waals surface area contributed by atoms with E-state index in [0.717, 1.165) is 5.69 Å². The summed E-state index contributed by atoms with van der Waals surface area (Å²) < 4.78 is 10.5. The highest BCUT2D eigenvalue weighted by atomic mass is 16.5. The summed E-state index contributed by atoms with van der Waals surface area (Å²) in [5.41, 5.74) is 0.317. The van der Waals surface area contributed by atoms with Crippen LogP contribution >= 0.6 is 0 Å². The number of aryl methyl sites for hydroxylation is 1. The van der Waals surface area contributed by atoms with Crippen LogP contribution in [-0.4, -0.2) is 36.6 Å². The molecule has 0 saturated carbocycles. The molecule has 1 unspecified atom stereocenters. The van der Waals surface area contributed by atoms with Crippen molar-refractivity contribution in [1.29, 1.82) is 0 Å². The summed E-state index contributed by atoms with van der Waals surface area (Å²) in [6.07, 6.45) is 0.469. The molecule has 20 heavy (non-hydrogen) atoms. The van der Waals surface area contributed by atoms with Gasteiger partial charge in [0.2, 0.25) is 0 Å². The van der Waals surface area contributed by atoms with Crippen molar-refractivity contribution in [1.82, 2.24) is 4.98 Å². The number of pyridine rings is 1. The van der Waals surface area contributed by atoms with Gasteiger partial charge in [-0.05, 0) is 26.0 Å². The van der Waals surface area contributed by atoms with Gasteiger partial charge in [-0.2, -0.15) is 0 Å². The van der Waals surface area contributed by atoms with Crippen molar-refractivity contribution in [2.45, 2.75) is 26.7 Å². The van der Waals surface area contributed by atoms with E-state index in [9.17, 15) is 9.59 Å². The number of carbonyl (C=O) groups excluding carboxylic acids is 2. The third kappa shape index (κ3) is 2.88. The second-order valence-corrected chi connectivity index (χ2v) is 4.98. The van der Waals surface area contributed by atoms with Crippen LogP contribution in [0.25, 0.3) is 0 Å². The molecule has 0 bridgehead atoms. The number of ether oxygens (including phenoxy) is 2. The Morgan fingerprint density at radius 3 is 2.95 bits per heavy atom. The van der Waals surface area contributed by atoms with Gasteiger partial charge in [0.05, 0.1) is 19.8 Å². The van der Waals surface area contributed by atoms with Crippen LogP contribution in [-0.2, 0) is 25.5 Å². The number of esters is 1. The normalized spacial score (nSPS) is 22.6. The molecule has 0 radical (unpaired) electrons. The molecule has 108 valence electrons. The fraction of sp³-hybridized carbons (Fsp3) is 0.533. The van der Waals surface area contributed by atoms with E-state index in [1.807, 2.05) is 25.1 Å². The molecule has 0 aliphatic carbocycles. The van der Waals surface area contributed by atoms with Gasteiger partial charge in [0, 0.05) is 24.2 Å². The summed E-state index contributed by atoms with van der Waals surface area (Å²) in [5.74, 6) is -0.626. The van der Waals surface area contributed by atoms with Crippen molar-refractivity contribution >= 4 is 11.8 Å². The lowest BCUT2D eigenvalue weighted by atomic mass is 9.77. The van der Waals surface area contributed by atoms with Crippen LogP contribution in [0.1, 0.15) is 24.7 Å². The zero-order chi connectivity index (χ0) is 14.6. The Morgan fingerprint density at radius 2 is 2.30 bits per heavy atom. The molecule has 0 aromatic carbocycles. The van der Waals surface area contributed by atoms with E-state index in [2.05, 4.69) is 4.98 Å². The van der Waals surface area contributed by atoms with E-state index < -0.39 is 11.4 Å². The number of nitrogens with zero attached hydrogens (tertiary/aromatic N) is 1. The predicted molar refractivity (Wildman–Crippen MR) is 72.2 cm³/mol. The molecule has 1 aromatic rings. The van der Waals surface area contributed by atoms with E-state index in [0.29, 0.717) is 12.3 Å². The maximum absolute atomic E-state index is 12.3. The molecular weight excluding hydrogens is 258 g/mol. The third-order valence-corrected chi connectivity index (χ3v) is 3.45. The first-order chi connectivity index (χ1) is 9.58. The highest BCUT2D eigenvalue weighted by Gasteiger charge is 2.49. The Morgan fingerprint density at radius 1 is 1.50 bits per heavy atom. The zero-order valence-corrected chi connectivity index (χ0v) is 11.8. The van der Waals surface area contributed by atoms with Gasteiger partial charge in [0.15, 0.2) is 11.2 Å². The average Bonchev–Trinajstić information content (AvgIpc) is 2.42. The molecule has 1 aromatic heterocycles. The average molecular weight is 277 g/mol. The zero-order valence-electron chi connectivity index (χ0n) is 11.8. The fourth-order valence-electron chi connectivity index (χ4n) is 2.40. The summed E-state index contributed by atoms with van der Waals surface area (Å²) in [6, 6.07) is 5.56. The number of Topliss-reactive ketones (excluding diaryl/α,β-unsaturated/α-hetero) is 1. The summed E-state index contributed by atoms with van der Waals surface area (Å²) >= 11 is 0. The van der Waals surface area contributed by atoms with Gasteiger partial charge in [-0.25, -0.2) is 0 Å². The SMILES string of the molecule is CCOC(=O)C1(Cc2cccc(C)n2)COCCC1=O.